The Morgan fingerprint density at radius 1 is 1.25 bits per heavy atom. The molecule has 8 heteroatoms. The molecule has 0 saturated carbocycles. The second kappa shape index (κ2) is 7.58. The number of hydrogen-bond acceptors (Lipinski definition) is 4. The minimum Gasteiger partial charge on any atom is -0.480 e. The van der Waals surface area contributed by atoms with Crippen molar-refractivity contribution >= 4 is 21.9 Å². The molecule has 0 aromatic carbocycles. The van der Waals surface area contributed by atoms with Crippen LogP contribution in [0.25, 0.3) is 0 Å². The van der Waals surface area contributed by atoms with Crippen LogP contribution in [0.15, 0.2) is 0 Å². The van der Waals surface area contributed by atoms with Gasteiger partial charge in [-0.2, -0.15) is 0 Å². The Hall–Kier alpha value is -1.15. The molecule has 118 valence electrons. The first-order valence-electron chi connectivity index (χ1n) is 6.63. The predicted molar refractivity (Wildman–Crippen MR) is 75.8 cm³/mol. The third kappa shape index (κ3) is 5.87. The van der Waals surface area contributed by atoms with E-state index in [2.05, 4.69) is 10.0 Å². The SMILES string of the molecule is CCCC(C)(NC(=O)C(C)NS(=O)(=O)CCC)C(=O)O. The summed E-state index contributed by atoms with van der Waals surface area (Å²) in [6.45, 7) is 6.31. The van der Waals surface area contributed by atoms with Gasteiger partial charge in [0.1, 0.15) is 5.54 Å². The van der Waals surface area contributed by atoms with Crippen LogP contribution in [-0.4, -0.2) is 42.7 Å². The van der Waals surface area contributed by atoms with Gasteiger partial charge >= 0.3 is 5.97 Å². The Morgan fingerprint density at radius 3 is 2.20 bits per heavy atom. The van der Waals surface area contributed by atoms with Crippen LogP contribution in [-0.2, 0) is 19.6 Å². The van der Waals surface area contributed by atoms with Gasteiger partial charge in [-0.1, -0.05) is 20.3 Å². The maximum absolute atomic E-state index is 11.9. The molecule has 0 aliphatic rings. The fraction of sp³-hybridized carbons (Fsp3) is 0.833. The Labute approximate surface area is 120 Å². The number of carboxylic acid groups (broad SMARTS) is 1. The summed E-state index contributed by atoms with van der Waals surface area (Å²) in [6.07, 6.45) is 1.29. The van der Waals surface area contributed by atoms with Gasteiger partial charge in [0.25, 0.3) is 0 Å². The van der Waals surface area contributed by atoms with Crippen molar-refractivity contribution in [2.24, 2.45) is 0 Å². The van der Waals surface area contributed by atoms with Gasteiger partial charge in [-0.3, -0.25) is 4.79 Å². The summed E-state index contributed by atoms with van der Waals surface area (Å²) in [4.78, 5) is 23.1. The largest absolute Gasteiger partial charge is 0.480 e. The van der Waals surface area contributed by atoms with Crippen LogP contribution >= 0.6 is 0 Å². The molecule has 0 saturated heterocycles. The molecule has 7 nitrogen and oxygen atoms in total. The summed E-state index contributed by atoms with van der Waals surface area (Å²) >= 11 is 0. The van der Waals surface area contributed by atoms with E-state index in [1.54, 1.807) is 13.8 Å². The number of carboxylic acids is 1. The van der Waals surface area contributed by atoms with Crippen LogP contribution in [0, 0.1) is 0 Å². The third-order valence-electron chi connectivity index (χ3n) is 2.84. The van der Waals surface area contributed by atoms with E-state index < -0.39 is 33.5 Å². The topological polar surface area (TPSA) is 113 Å². The van der Waals surface area contributed by atoms with Gasteiger partial charge in [0.05, 0.1) is 11.8 Å². The van der Waals surface area contributed by atoms with Crippen molar-refractivity contribution in [1.29, 1.82) is 0 Å². The highest BCUT2D eigenvalue weighted by molar-refractivity contribution is 7.89. The summed E-state index contributed by atoms with van der Waals surface area (Å²) in [5.41, 5.74) is -1.39. The van der Waals surface area contributed by atoms with Gasteiger partial charge in [0.15, 0.2) is 0 Å². The molecule has 20 heavy (non-hydrogen) atoms. The van der Waals surface area contributed by atoms with E-state index in [-0.39, 0.29) is 12.2 Å². The quantitative estimate of drug-likeness (QED) is 0.573. The standard InChI is InChI=1S/C12H24N2O5S/c1-5-7-12(4,11(16)17)13-10(15)9(3)14-20(18,19)8-6-2/h9,14H,5-8H2,1-4H3,(H,13,15)(H,16,17). The number of rotatable bonds is 9. The smallest absolute Gasteiger partial charge is 0.329 e. The highest BCUT2D eigenvalue weighted by Gasteiger charge is 2.35. The molecule has 0 aliphatic carbocycles. The third-order valence-corrected chi connectivity index (χ3v) is 4.50. The van der Waals surface area contributed by atoms with Crippen molar-refractivity contribution < 1.29 is 23.1 Å². The van der Waals surface area contributed by atoms with Gasteiger partial charge < -0.3 is 10.4 Å². The zero-order valence-electron chi connectivity index (χ0n) is 12.4. The van der Waals surface area contributed by atoms with E-state index in [9.17, 15) is 18.0 Å². The van der Waals surface area contributed by atoms with Crippen molar-refractivity contribution in [2.75, 3.05) is 5.75 Å². The minimum absolute atomic E-state index is 0.0736. The predicted octanol–water partition coefficient (Wildman–Crippen LogP) is 0.464. The van der Waals surface area contributed by atoms with E-state index in [0.29, 0.717) is 12.8 Å². The molecule has 2 unspecified atom stereocenters. The van der Waals surface area contributed by atoms with Crippen molar-refractivity contribution in [3.05, 3.63) is 0 Å². The molecule has 0 aromatic rings. The fourth-order valence-electron chi connectivity index (χ4n) is 1.75. The molecular weight excluding hydrogens is 284 g/mol. The lowest BCUT2D eigenvalue weighted by Crippen LogP contribution is -2.57. The summed E-state index contributed by atoms with van der Waals surface area (Å²) in [6, 6.07) is -1.01. The number of hydrogen-bond donors (Lipinski definition) is 3. The highest BCUT2D eigenvalue weighted by Crippen LogP contribution is 2.13. The Kier molecular flexibility index (Phi) is 7.15. The Bertz CT molecular complexity index is 449. The van der Waals surface area contributed by atoms with Crippen LogP contribution in [0.4, 0.5) is 0 Å². The monoisotopic (exact) mass is 308 g/mol. The number of amides is 1. The second-order valence-corrected chi connectivity index (χ2v) is 6.91. The van der Waals surface area contributed by atoms with Gasteiger partial charge in [-0.15, -0.1) is 0 Å². The van der Waals surface area contributed by atoms with Gasteiger partial charge in [0.2, 0.25) is 15.9 Å². The molecule has 2 atom stereocenters. The molecule has 1 amide bonds. The minimum atomic E-state index is -3.52. The molecule has 3 N–H and O–H groups in total. The van der Waals surface area contributed by atoms with Crippen molar-refractivity contribution in [3.8, 4) is 0 Å². The van der Waals surface area contributed by atoms with Crippen LogP contribution in [0.2, 0.25) is 0 Å². The molecule has 0 rings (SSSR count). The maximum Gasteiger partial charge on any atom is 0.329 e. The zero-order valence-corrected chi connectivity index (χ0v) is 13.2. The first kappa shape index (κ1) is 18.9. The summed E-state index contributed by atoms with van der Waals surface area (Å²) in [5.74, 6) is -1.87. The summed E-state index contributed by atoms with van der Waals surface area (Å²) in [5, 5.41) is 11.6. The van der Waals surface area contributed by atoms with E-state index in [1.807, 2.05) is 0 Å². The molecule has 0 spiro atoms. The average Bonchev–Trinajstić information content (AvgIpc) is 2.27. The van der Waals surface area contributed by atoms with Gasteiger partial charge in [-0.25, -0.2) is 17.9 Å². The Morgan fingerprint density at radius 2 is 1.80 bits per heavy atom. The van der Waals surface area contributed by atoms with Gasteiger partial charge in [0, 0.05) is 0 Å². The van der Waals surface area contributed by atoms with Crippen molar-refractivity contribution in [2.45, 2.75) is 58.5 Å². The van der Waals surface area contributed by atoms with E-state index in [4.69, 9.17) is 5.11 Å². The zero-order chi connectivity index (χ0) is 16.0. The first-order valence-corrected chi connectivity index (χ1v) is 8.28. The maximum atomic E-state index is 11.9. The summed E-state index contributed by atoms with van der Waals surface area (Å²) in [7, 11) is -3.52. The van der Waals surface area contributed by atoms with Crippen LogP contribution in [0.5, 0.6) is 0 Å². The number of carbonyl (C=O) groups excluding carboxylic acids is 1. The molecule has 0 radical (unpaired) electrons. The van der Waals surface area contributed by atoms with Crippen LogP contribution in [0.3, 0.4) is 0 Å². The Balaban J connectivity index is 4.79. The van der Waals surface area contributed by atoms with Crippen molar-refractivity contribution in [3.63, 3.8) is 0 Å². The molecule has 0 fully saturated rings. The number of nitrogens with one attached hydrogen (secondary N) is 2. The van der Waals surface area contributed by atoms with Crippen LogP contribution < -0.4 is 10.0 Å². The molecule has 0 aliphatic heterocycles. The molecule has 0 heterocycles. The normalized spacial score (nSPS) is 16.2. The van der Waals surface area contributed by atoms with E-state index in [1.165, 1.54) is 13.8 Å². The first-order chi connectivity index (χ1) is 9.08. The summed E-state index contributed by atoms with van der Waals surface area (Å²) < 4.78 is 25.4. The van der Waals surface area contributed by atoms with Gasteiger partial charge in [-0.05, 0) is 26.7 Å². The second-order valence-electron chi connectivity index (χ2n) is 5.03. The lowest BCUT2D eigenvalue weighted by atomic mass is 9.96. The lowest BCUT2D eigenvalue weighted by molar-refractivity contribution is -0.147. The number of aliphatic carboxylic acids is 1. The molecule has 0 aromatic heterocycles. The van der Waals surface area contributed by atoms with E-state index >= 15 is 0 Å². The average molecular weight is 308 g/mol. The van der Waals surface area contributed by atoms with Crippen LogP contribution in [0.1, 0.15) is 47.0 Å². The lowest BCUT2D eigenvalue weighted by Gasteiger charge is -2.27. The highest BCUT2D eigenvalue weighted by atomic mass is 32.2. The van der Waals surface area contributed by atoms with E-state index in [0.717, 1.165) is 0 Å². The van der Waals surface area contributed by atoms with Crippen molar-refractivity contribution in [1.82, 2.24) is 10.0 Å². The number of sulfonamides is 1. The molecule has 0 bridgehead atoms. The fourth-order valence-corrected chi connectivity index (χ4v) is 3.05. The number of carbonyl (C=O) groups is 2. The molecular formula is C12H24N2O5S.